The highest BCUT2D eigenvalue weighted by Gasteiger charge is 2.36. The van der Waals surface area contributed by atoms with Crippen LogP contribution in [0, 0.1) is 6.92 Å². The summed E-state index contributed by atoms with van der Waals surface area (Å²) in [7, 11) is 1.67. The van der Waals surface area contributed by atoms with E-state index in [1.165, 1.54) is 0 Å². The first-order chi connectivity index (χ1) is 9.19. The average molecular weight is 261 g/mol. The number of methoxy groups -OCH3 is 1. The number of hydrogen-bond acceptors (Lipinski definition) is 3. The fraction of sp³-hybridized carbons (Fsp3) is 0.500. The first-order valence-electron chi connectivity index (χ1n) is 6.61. The van der Waals surface area contributed by atoms with Crippen molar-refractivity contribution in [3.63, 3.8) is 0 Å². The van der Waals surface area contributed by atoms with Crippen LogP contribution in [0.1, 0.15) is 17.2 Å². The van der Waals surface area contributed by atoms with E-state index in [0.29, 0.717) is 6.04 Å². The van der Waals surface area contributed by atoms with Crippen LogP contribution >= 0.6 is 0 Å². The number of nitrogens with zero attached hydrogens (tertiary/aromatic N) is 1. The minimum absolute atomic E-state index is 0.0463. The van der Waals surface area contributed by atoms with Gasteiger partial charge in [0, 0.05) is 19.6 Å². The van der Waals surface area contributed by atoms with E-state index in [1.54, 1.807) is 7.11 Å². The van der Waals surface area contributed by atoms with Crippen molar-refractivity contribution in [1.82, 2.24) is 15.5 Å². The van der Waals surface area contributed by atoms with Crippen LogP contribution in [0.5, 0.6) is 5.75 Å². The second-order valence-electron chi connectivity index (χ2n) is 5.20. The number of urea groups is 1. The summed E-state index contributed by atoms with van der Waals surface area (Å²) in [4.78, 5) is 13.9. The predicted octanol–water partition coefficient (Wildman–Crippen LogP) is 1.04. The number of ether oxygens (including phenoxy) is 1. The lowest BCUT2D eigenvalue weighted by Crippen LogP contribution is -2.57. The fourth-order valence-corrected chi connectivity index (χ4v) is 2.67. The van der Waals surface area contributed by atoms with Gasteiger partial charge in [0.15, 0.2) is 0 Å². The van der Waals surface area contributed by atoms with E-state index < -0.39 is 0 Å². The van der Waals surface area contributed by atoms with Gasteiger partial charge in [-0.15, -0.1) is 0 Å². The quantitative estimate of drug-likeness (QED) is 0.855. The van der Waals surface area contributed by atoms with Crippen molar-refractivity contribution in [3.8, 4) is 5.75 Å². The molecule has 2 heterocycles. The molecule has 0 aliphatic carbocycles. The summed E-state index contributed by atoms with van der Waals surface area (Å²) in [5, 5.41) is 6.25. The average Bonchev–Trinajstić information content (AvgIpc) is 2.69. The minimum atomic E-state index is 0.0463. The van der Waals surface area contributed by atoms with Crippen LogP contribution in [0.4, 0.5) is 4.79 Å². The molecule has 2 fully saturated rings. The zero-order chi connectivity index (χ0) is 13.4. The SMILES string of the molecule is COc1ccc(C2CN(C3CNC3)C(=O)N2)cc1C. The Hall–Kier alpha value is -1.75. The summed E-state index contributed by atoms with van der Waals surface area (Å²) < 4.78 is 5.26. The second kappa shape index (κ2) is 4.74. The lowest BCUT2D eigenvalue weighted by atomic mass is 10.0. The number of rotatable bonds is 3. The molecule has 2 saturated heterocycles. The number of aryl methyl sites for hydroxylation is 1. The van der Waals surface area contributed by atoms with Crippen molar-refractivity contribution < 1.29 is 9.53 Å². The topological polar surface area (TPSA) is 53.6 Å². The van der Waals surface area contributed by atoms with Crippen molar-refractivity contribution in [1.29, 1.82) is 0 Å². The van der Waals surface area contributed by atoms with Gasteiger partial charge in [0.25, 0.3) is 0 Å². The van der Waals surface area contributed by atoms with Crippen molar-refractivity contribution in [2.45, 2.75) is 19.0 Å². The highest BCUT2D eigenvalue weighted by atomic mass is 16.5. The lowest BCUT2D eigenvalue weighted by Gasteiger charge is -2.34. The molecule has 0 aromatic heterocycles. The van der Waals surface area contributed by atoms with Crippen LogP contribution < -0.4 is 15.4 Å². The van der Waals surface area contributed by atoms with E-state index in [2.05, 4.69) is 16.7 Å². The van der Waals surface area contributed by atoms with E-state index in [-0.39, 0.29) is 12.1 Å². The molecule has 1 unspecified atom stereocenters. The molecular formula is C14H19N3O2. The zero-order valence-corrected chi connectivity index (χ0v) is 11.3. The Morgan fingerprint density at radius 1 is 1.37 bits per heavy atom. The third-order valence-corrected chi connectivity index (χ3v) is 3.96. The summed E-state index contributed by atoms with van der Waals surface area (Å²) in [5.74, 6) is 0.883. The van der Waals surface area contributed by atoms with Gasteiger partial charge >= 0.3 is 6.03 Å². The molecule has 5 heteroatoms. The number of carbonyl (C=O) groups is 1. The van der Waals surface area contributed by atoms with Crippen LogP contribution in [-0.4, -0.2) is 43.7 Å². The molecule has 0 spiro atoms. The van der Waals surface area contributed by atoms with E-state index in [1.807, 2.05) is 24.0 Å². The highest BCUT2D eigenvalue weighted by Crippen LogP contribution is 2.27. The molecule has 5 nitrogen and oxygen atoms in total. The molecule has 2 amide bonds. The Labute approximate surface area is 112 Å². The zero-order valence-electron chi connectivity index (χ0n) is 11.3. The molecule has 0 radical (unpaired) electrons. The Morgan fingerprint density at radius 2 is 2.16 bits per heavy atom. The van der Waals surface area contributed by atoms with Crippen molar-refractivity contribution in [2.24, 2.45) is 0 Å². The van der Waals surface area contributed by atoms with Crippen molar-refractivity contribution in [2.75, 3.05) is 26.7 Å². The van der Waals surface area contributed by atoms with Gasteiger partial charge in [0.05, 0.1) is 19.2 Å². The Balaban J connectivity index is 1.76. The highest BCUT2D eigenvalue weighted by molar-refractivity contribution is 5.78. The molecule has 3 rings (SSSR count). The Kier molecular flexibility index (Phi) is 3.06. The van der Waals surface area contributed by atoms with Crippen molar-refractivity contribution in [3.05, 3.63) is 29.3 Å². The van der Waals surface area contributed by atoms with Gasteiger partial charge in [-0.05, 0) is 24.1 Å². The molecule has 1 aromatic rings. The van der Waals surface area contributed by atoms with Crippen LogP contribution in [0.25, 0.3) is 0 Å². The number of amides is 2. The summed E-state index contributed by atoms with van der Waals surface area (Å²) in [6, 6.07) is 6.56. The van der Waals surface area contributed by atoms with Gasteiger partial charge in [-0.2, -0.15) is 0 Å². The molecule has 1 aromatic carbocycles. The standard InChI is InChI=1S/C14H19N3O2/c1-9-5-10(3-4-13(9)19-2)12-8-17(14(18)16-12)11-6-15-7-11/h3-5,11-12,15H,6-8H2,1-2H3,(H,16,18). The Morgan fingerprint density at radius 3 is 2.74 bits per heavy atom. The van der Waals surface area contributed by atoms with Crippen LogP contribution in [0.3, 0.4) is 0 Å². The molecule has 2 aliphatic heterocycles. The number of nitrogens with one attached hydrogen (secondary N) is 2. The predicted molar refractivity (Wildman–Crippen MR) is 72.4 cm³/mol. The minimum Gasteiger partial charge on any atom is -0.496 e. The van der Waals surface area contributed by atoms with Gasteiger partial charge in [0.2, 0.25) is 0 Å². The van der Waals surface area contributed by atoms with Crippen LogP contribution in [-0.2, 0) is 0 Å². The van der Waals surface area contributed by atoms with Gasteiger partial charge in [-0.1, -0.05) is 12.1 Å². The van der Waals surface area contributed by atoms with E-state index in [0.717, 1.165) is 36.5 Å². The molecular weight excluding hydrogens is 242 g/mol. The van der Waals surface area contributed by atoms with Gasteiger partial charge in [0.1, 0.15) is 5.75 Å². The van der Waals surface area contributed by atoms with Crippen LogP contribution in [0.15, 0.2) is 18.2 Å². The first kappa shape index (κ1) is 12.3. The number of hydrogen-bond donors (Lipinski definition) is 2. The second-order valence-corrected chi connectivity index (χ2v) is 5.20. The monoisotopic (exact) mass is 261 g/mol. The van der Waals surface area contributed by atoms with Gasteiger partial charge in [-0.25, -0.2) is 4.79 Å². The Bertz CT molecular complexity index is 499. The summed E-state index contributed by atoms with van der Waals surface area (Å²) >= 11 is 0. The molecule has 2 N–H and O–H groups in total. The van der Waals surface area contributed by atoms with Gasteiger partial charge in [-0.3, -0.25) is 0 Å². The van der Waals surface area contributed by atoms with E-state index in [4.69, 9.17) is 4.74 Å². The molecule has 2 aliphatic rings. The molecule has 19 heavy (non-hydrogen) atoms. The smallest absolute Gasteiger partial charge is 0.318 e. The normalized spacial score (nSPS) is 23.2. The number of carbonyl (C=O) groups excluding carboxylic acids is 1. The molecule has 1 atom stereocenters. The maximum atomic E-state index is 12.0. The maximum absolute atomic E-state index is 12.0. The maximum Gasteiger partial charge on any atom is 0.318 e. The summed E-state index contributed by atoms with van der Waals surface area (Å²) in [5.41, 5.74) is 2.24. The molecule has 0 bridgehead atoms. The number of benzene rings is 1. The lowest BCUT2D eigenvalue weighted by molar-refractivity contribution is 0.172. The molecule has 0 saturated carbocycles. The fourth-order valence-electron chi connectivity index (χ4n) is 2.67. The summed E-state index contributed by atoms with van der Waals surface area (Å²) in [6.45, 7) is 4.58. The third kappa shape index (κ3) is 2.14. The van der Waals surface area contributed by atoms with Crippen LogP contribution in [0.2, 0.25) is 0 Å². The largest absolute Gasteiger partial charge is 0.496 e. The summed E-state index contributed by atoms with van der Waals surface area (Å²) in [6.07, 6.45) is 0. The van der Waals surface area contributed by atoms with E-state index >= 15 is 0 Å². The third-order valence-electron chi connectivity index (χ3n) is 3.96. The van der Waals surface area contributed by atoms with E-state index in [9.17, 15) is 4.79 Å². The van der Waals surface area contributed by atoms with Gasteiger partial charge < -0.3 is 20.3 Å². The van der Waals surface area contributed by atoms with Crippen molar-refractivity contribution >= 4 is 6.03 Å². The molecule has 102 valence electrons. The first-order valence-corrected chi connectivity index (χ1v) is 6.61.